The summed E-state index contributed by atoms with van der Waals surface area (Å²) in [6.45, 7) is 8.26. The Balaban J connectivity index is 1.85. The molecule has 2 unspecified atom stereocenters. The zero-order chi connectivity index (χ0) is 18.1. The number of nitrogens with one attached hydrogen (secondary N) is 1. The molecular weight excluding hydrogens is 310 g/mol. The van der Waals surface area contributed by atoms with Gasteiger partial charge in [0, 0.05) is 25.0 Å². The maximum atomic E-state index is 12.4. The van der Waals surface area contributed by atoms with E-state index in [0.29, 0.717) is 6.54 Å². The van der Waals surface area contributed by atoms with Gasteiger partial charge in [-0.25, -0.2) is 0 Å². The fourth-order valence-corrected chi connectivity index (χ4v) is 3.63. The molecule has 0 heterocycles. The predicted octanol–water partition coefficient (Wildman–Crippen LogP) is 3.44. The number of benzene rings is 1. The maximum absolute atomic E-state index is 12.4. The molecule has 4 heteroatoms. The van der Waals surface area contributed by atoms with E-state index in [9.17, 15) is 4.79 Å². The number of rotatable bonds is 9. The lowest BCUT2D eigenvalue weighted by molar-refractivity contribution is -0.126. The summed E-state index contributed by atoms with van der Waals surface area (Å²) in [6.07, 6.45) is 6.40. The van der Waals surface area contributed by atoms with Crippen LogP contribution in [0.25, 0.3) is 0 Å². The summed E-state index contributed by atoms with van der Waals surface area (Å²) in [4.78, 5) is 14.8. The van der Waals surface area contributed by atoms with Gasteiger partial charge in [-0.2, -0.15) is 0 Å². The molecule has 140 valence electrons. The molecule has 0 spiro atoms. The summed E-state index contributed by atoms with van der Waals surface area (Å²) in [6, 6.07) is 8.79. The van der Waals surface area contributed by atoms with Crippen LogP contribution in [-0.2, 0) is 17.9 Å². The van der Waals surface area contributed by atoms with E-state index in [1.54, 1.807) is 0 Å². The Morgan fingerprint density at radius 3 is 2.80 bits per heavy atom. The standard InChI is InChI=1S/C21H35N3O/c1-3-5-12-24(4-2)16-18-9-6-8-17(13-18)15-23-21(25)19-10-7-11-20(22)14-19/h6,8-9,13,19-20H,3-5,7,10-12,14-16,22H2,1-2H3,(H,23,25). The summed E-state index contributed by atoms with van der Waals surface area (Å²) >= 11 is 0. The first-order chi connectivity index (χ1) is 12.1. The van der Waals surface area contributed by atoms with E-state index in [2.05, 4.69) is 48.3 Å². The first kappa shape index (κ1) is 19.9. The van der Waals surface area contributed by atoms with Gasteiger partial charge in [0.05, 0.1) is 0 Å². The van der Waals surface area contributed by atoms with Gasteiger partial charge in [0.2, 0.25) is 5.91 Å². The molecule has 0 aromatic heterocycles. The van der Waals surface area contributed by atoms with E-state index >= 15 is 0 Å². The highest BCUT2D eigenvalue weighted by atomic mass is 16.1. The molecule has 1 aliphatic rings. The van der Waals surface area contributed by atoms with Crippen LogP contribution < -0.4 is 11.1 Å². The van der Waals surface area contributed by atoms with Crippen LogP contribution in [0.2, 0.25) is 0 Å². The van der Waals surface area contributed by atoms with E-state index in [4.69, 9.17) is 5.73 Å². The number of carbonyl (C=O) groups excluding carboxylic acids is 1. The minimum atomic E-state index is 0.0940. The summed E-state index contributed by atoms with van der Waals surface area (Å²) in [7, 11) is 0. The van der Waals surface area contributed by atoms with Gasteiger partial charge in [-0.15, -0.1) is 0 Å². The molecule has 2 rings (SSSR count). The molecule has 1 aromatic carbocycles. The van der Waals surface area contributed by atoms with Crippen LogP contribution in [0.3, 0.4) is 0 Å². The monoisotopic (exact) mass is 345 g/mol. The Bertz CT molecular complexity index is 532. The van der Waals surface area contributed by atoms with E-state index in [1.807, 2.05) is 0 Å². The molecule has 4 nitrogen and oxygen atoms in total. The number of nitrogens with two attached hydrogens (primary N) is 1. The normalized spacial score (nSPS) is 20.6. The van der Waals surface area contributed by atoms with Crippen LogP contribution in [0.4, 0.5) is 0 Å². The zero-order valence-electron chi connectivity index (χ0n) is 16.0. The fraction of sp³-hybridized carbons (Fsp3) is 0.667. The minimum Gasteiger partial charge on any atom is -0.352 e. The third kappa shape index (κ3) is 6.79. The Hall–Kier alpha value is -1.39. The molecule has 1 fully saturated rings. The van der Waals surface area contributed by atoms with Gasteiger partial charge in [0.15, 0.2) is 0 Å². The Labute approximate surface area is 153 Å². The number of amides is 1. The number of carbonyl (C=O) groups is 1. The predicted molar refractivity (Wildman–Crippen MR) is 104 cm³/mol. The molecule has 1 aliphatic carbocycles. The van der Waals surface area contributed by atoms with Gasteiger partial charge in [-0.05, 0) is 49.9 Å². The van der Waals surface area contributed by atoms with Crippen molar-refractivity contribution < 1.29 is 4.79 Å². The van der Waals surface area contributed by atoms with Crippen LogP contribution in [0.15, 0.2) is 24.3 Å². The number of unbranched alkanes of at least 4 members (excludes halogenated alkanes) is 1. The fourth-order valence-electron chi connectivity index (χ4n) is 3.63. The quantitative estimate of drug-likeness (QED) is 0.721. The van der Waals surface area contributed by atoms with Crippen molar-refractivity contribution in [3.8, 4) is 0 Å². The van der Waals surface area contributed by atoms with Crippen molar-refractivity contribution in [3.63, 3.8) is 0 Å². The van der Waals surface area contributed by atoms with Crippen molar-refractivity contribution in [3.05, 3.63) is 35.4 Å². The number of nitrogens with zero attached hydrogens (tertiary/aromatic N) is 1. The van der Waals surface area contributed by atoms with Crippen molar-refractivity contribution in [2.45, 2.75) is 71.5 Å². The molecule has 2 atom stereocenters. The van der Waals surface area contributed by atoms with E-state index in [1.165, 1.54) is 24.0 Å². The van der Waals surface area contributed by atoms with Gasteiger partial charge in [0.1, 0.15) is 0 Å². The second-order valence-electron chi connectivity index (χ2n) is 7.38. The van der Waals surface area contributed by atoms with Crippen LogP contribution in [0.1, 0.15) is 63.5 Å². The summed E-state index contributed by atoms with van der Waals surface area (Å²) in [5, 5.41) is 3.11. The largest absolute Gasteiger partial charge is 0.352 e. The number of hydrogen-bond donors (Lipinski definition) is 2. The van der Waals surface area contributed by atoms with Crippen molar-refractivity contribution >= 4 is 5.91 Å². The molecule has 0 saturated heterocycles. The molecule has 0 radical (unpaired) electrons. The molecule has 25 heavy (non-hydrogen) atoms. The van der Waals surface area contributed by atoms with Crippen molar-refractivity contribution in [2.75, 3.05) is 13.1 Å². The van der Waals surface area contributed by atoms with Crippen molar-refractivity contribution in [1.82, 2.24) is 10.2 Å². The molecule has 0 aliphatic heterocycles. The Morgan fingerprint density at radius 2 is 2.08 bits per heavy atom. The average Bonchev–Trinajstić information content (AvgIpc) is 2.63. The molecular formula is C21H35N3O. The summed E-state index contributed by atoms with van der Waals surface area (Å²) < 4.78 is 0. The van der Waals surface area contributed by atoms with Crippen molar-refractivity contribution in [2.24, 2.45) is 11.7 Å². The highest BCUT2D eigenvalue weighted by Gasteiger charge is 2.24. The Kier molecular flexibility index (Phi) is 8.42. The highest BCUT2D eigenvalue weighted by molar-refractivity contribution is 5.78. The van der Waals surface area contributed by atoms with E-state index in [-0.39, 0.29) is 17.9 Å². The van der Waals surface area contributed by atoms with Gasteiger partial charge in [-0.3, -0.25) is 9.69 Å². The van der Waals surface area contributed by atoms with Gasteiger partial charge >= 0.3 is 0 Å². The maximum Gasteiger partial charge on any atom is 0.223 e. The van der Waals surface area contributed by atoms with Crippen LogP contribution in [-0.4, -0.2) is 29.9 Å². The third-order valence-corrected chi connectivity index (χ3v) is 5.22. The molecule has 1 amide bonds. The molecule has 0 bridgehead atoms. The van der Waals surface area contributed by atoms with Gasteiger partial charge in [0.25, 0.3) is 0 Å². The topological polar surface area (TPSA) is 58.4 Å². The Morgan fingerprint density at radius 1 is 1.28 bits per heavy atom. The van der Waals surface area contributed by atoms with Crippen LogP contribution >= 0.6 is 0 Å². The summed E-state index contributed by atoms with van der Waals surface area (Å²) in [5.41, 5.74) is 8.50. The lowest BCUT2D eigenvalue weighted by Crippen LogP contribution is -2.37. The van der Waals surface area contributed by atoms with Gasteiger partial charge in [-0.1, -0.05) is 51.0 Å². The molecule has 3 N–H and O–H groups in total. The smallest absolute Gasteiger partial charge is 0.223 e. The van der Waals surface area contributed by atoms with Crippen LogP contribution in [0, 0.1) is 5.92 Å². The lowest BCUT2D eigenvalue weighted by atomic mass is 9.85. The molecule has 1 saturated carbocycles. The van der Waals surface area contributed by atoms with Gasteiger partial charge < -0.3 is 11.1 Å². The summed E-state index contributed by atoms with van der Waals surface area (Å²) in [5.74, 6) is 0.259. The highest BCUT2D eigenvalue weighted by Crippen LogP contribution is 2.23. The third-order valence-electron chi connectivity index (χ3n) is 5.22. The first-order valence-electron chi connectivity index (χ1n) is 9.95. The second kappa shape index (κ2) is 10.6. The lowest BCUT2D eigenvalue weighted by Gasteiger charge is -2.25. The molecule has 1 aromatic rings. The zero-order valence-corrected chi connectivity index (χ0v) is 16.0. The average molecular weight is 346 g/mol. The van der Waals surface area contributed by atoms with Crippen LogP contribution in [0.5, 0.6) is 0 Å². The van der Waals surface area contributed by atoms with Crippen molar-refractivity contribution in [1.29, 1.82) is 0 Å². The minimum absolute atomic E-state index is 0.0940. The van der Waals surface area contributed by atoms with E-state index in [0.717, 1.165) is 45.3 Å². The second-order valence-corrected chi connectivity index (χ2v) is 7.38. The first-order valence-corrected chi connectivity index (χ1v) is 9.95. The van der Waals surface area contributed by atoms with E-state index < -0.39 is 0 Å². The SMILES string of the molecule is CCCCN(CC)Cc1cccc(CNC(=O)C2CCCC(N)C2)c1. The number of hydrogen-bond acceptors (Lipinski definition) is 3.